The van der Waals surface area contributed by atoms with Gasteiger partial charge in [0.2, 0.25) is 0 Å². The standard InChI is InChI=1S/C14H14BrN3O2S/c1-18(19)14(16)11(10-5-3-2-4-6-10)7-20-8-13-17-12(15)9-21-13/h2-7,9,16,19H,8H2,1H3/b11-7-,16-14?. The van der Waals surface area contributed by atoms with Crippen molar-refractivity contribution in [2.24, 2.45) is 0 Å². The summed E-state index contributed by atoms with van der Waals surface area (Å²) in [5, 5.41) is 20.9. The fourth-order valence-electron chi connectivity index (χ4n) is 1.60. The molecule has 1 aromatic heterocycles. The van der Waals surface area contributed by atoms with E-state index >= 15 is 0 Å². The molecule has 0 aliphatic rings. The zero-order valence-electron chi connectivity index (χ0n) is 11.3. The Labute approximate surface area is 135 Å². The van der Waals surface area contributed by atoms with Crippen LogP contribution < -0.4 is 0 Å². The van der Waals surface area contributed by atoms with Gasteiger partial charge in [0.1, 0.15) is 16.2 Å². The van der Waals surface area contributed by atoms with Gasteiger partial charge in [-0.1, -0.05) is 30.3 Å². The van der Waals surface area contributed by atoms with Gasteiger partial charge in [0, 0.05) is 12.4 Å². The van der Waals surface area contributed by atoms with Crippen LogP contribution in [0, 0.1) is 5.41 Å². The first-order chi connectivity index (χ1) is 10.1. The Balaban J connectivity index is 2.15. The second-order valence-electron chi connectivity index (χ2n) is 4.14. The SMILES string of the molecule is CN(O)C(=N)/C(=C\OCc1nc(Br)cs1)c1ccccc1. The van der Waals surface area contributed by atoms with E-state index in [9.17, 15) is 5.21 Å². The van der Waals surface area contributed by atoms with Crippen molar-refractivity contribution in [2.45, 2.75) is 6.61 Å². The molecular formula is C14H14BrN3O2S. The number of thiazole rings is 1. The van der Waals surface area contributed by atoms with Crippen molar-refractivity contribution >= 4 is 38.7 Å². The average molecular weight is 368 g/mol. The number of ether oxygens (including phenoxy) is 1. The maximum absolute atomic E-state index is 9.47. The van der Waals surface area contributed by atoms with E-state index in [4.69, 9.17) is 10.1 Å². The number of nitrogens with one attached hydrogen (secondary N) is 1. The minimum atomic E-state index is -0.0403. The van der Waals surface area contributed by atoms with Crippen LogP contribution in [0.25, 0.3) is 5.57 Å². The molecule has 110 valence electrons. The van der Waals surface area contributed by atoms with Crippen LogP contribution in [-0.2, 0) is 11.3 Å². The predicted octanol–water partition coefficient (Wildman–Crippen LogP) is 3.76. The molecule has 21 heavy (non-hydrogen) atoms. The zero-order valence-corrected chi connectivity index (χ0v) is 13.7. The third kappa shape index (κ3) is 4.38. The Morgan fingerprint density at radius 3 is 2.76 bits per heavy atom. The Hall–Kier alpha value is -1.70. The first kappa shape index (κ1) is 15.7. The number of likely N-dealkylation sites (N-methyl/N-ethyl adjacent to an activating group) is 1. The van der Waals surface area contributed by atoms with Gasteiger partial charge in [0.05, 0.1) is 11.8 Å². The van der Waals surface area contributed by atoms with Crippen molar-refractivity contribution in [1.82, 2.24) is 10.0 Å². The quantitative estimate of drug-likeness (QED) is 0.365. The molecule has 0 aliphatic carbocycles. The molecule has 0 spiro atoms. The number of hydroxylamine groups is 2. The van der Waals surface area contributed by atoms with E-state index in [2.05, 4.69) is 20.9 Å². The molecule has 0 amide bonds. The summed E-state index contributed by atoms with van der Waals surface area (Å²) in [7, 11) is 1.40. The van der Waals surface area contributed by atoms with Gasteiger partial charge in [-0.15, -0.1) is 11.3 Å². The van der Waals surface area contributed by atoms with E-state index in [0.29, 0.717) is 12.2 Å². The number of hydrogen-bond donors (Lipinski definition) is 2. The monoisotopic (exact) mass is 367 g/mol. The fraction of sp³-hybridized carbons (Fsp3) is 0.143. The van der Waals surface area contributed by atoms with Crippen LogP contribution in [0.2, 0.25) is 0 Å². The molecule has 2 rings (SSSR count). The van der Waals surface area contributed by atoms with Gasteiger partial charge in [-0.25, -0.2) is 10.0 Å². The Bertz CT molecular complexity index is 641. The van der Waals surface area contributed by atoms with Crippen molar-refractivity contribution in [1.29, 1.82) is 5.41 Å². The van der Waals surface area contributed by atoms with Crippen LogP contribution in [0.3, 0.4) is 0 Å². The molecule has 0 fully saturated rings. The number of nitrogens with zero attached hydrogens (tertiary/aromatic N) is 2. The van der Waals surface area contributed by atoms with E-state index in [-0.39, 0.29) is 5.84 Å². The van der Waals surface area contributed by atoms with Gasteiger partial charge in [-0.2, -0.15) is 0 Å². The summed E-state index contributed by atoms with van der Waals surface area (Å²) in [4.78, 5) is 4.23. The molecule has 0 bridgehead atoms. The number of benzene rings is 1. The lowest BCUT2D eigenvalue weighted by Crippen LogP contribution is -2.23. The van der Waals surface area contributed by atoms with Crippen LogP contribution in [-0.4, -0.2) is 28.1 Å². The van der Waals surface area contributed by atoms with Crippen molar-refractivity contribution in [3.63, 3.8) is 0 Å². The molecule has 0 radical (unpaired) electrons. The van der Waals surface area contributed by atoms with E-state index in [0.717, 1.165) is 20.2 Å². The van der Waals surface area contributed by atoms with Gasteiger partial charge in [0.15, 0.2) is 5.84 Å². The van der Waals surface area contributed by atoms with Gasteiger partial charge >= 0.3 is 0 Å². The van der Waals surface area contributed by atoms with Crippen molar-refractivity contribution in [2.75, 3.05) is 7.05 Å². The number of hydrogen-bond acceptors (Lipinski definition) is 5. The zero-order chi connectivity index (χ0) is 15.2. The Kier molecular flexibility index (Phi) is 5.49. The number of aromatic nitrogens is 1. The van der Waals surface area contributed by atoms with E-state index in [1.165, 1.54) is 24.6 Å². The molecule has 7 heteroatoms. The average Bonchev–Trinajstić information content (AvgIpc) is 2.89. The number of halogens is 1. The molecule has 0 atom stereocenters. The van der Waals surface area contributed by atoms with Gasteiger partial charge < -0.3 is 4.74 Å². The lowest BCUT2D eigenvalue weighted by atomic mass is 10.1. The van der Waals surface area contributed by atoms with Crippen molar-refractivity contribution in [3.8, 4) is 0 Å². The highest BCUT2D eigenvalue weighted by Crippen LogP contribution is 2.19. The predicted molar refractivity (Wildman–Crippen MR) is 86.3 cm³/mol. The minimum Gasteiger partial charge on any atom is -0.493 e. The summed E-state index contributed by atoms with van der Waals surface area (Å²) in [6.07, 6.45) is 1.47. The fourth-order valence-corrected chi connectivity index (χ4v) is 2.79. The van der Waals surface area contributed by atoms with Crippen LogP contribution in [0.15, 0.2) is 46.6 Å². The minimum absolute atomic E-state index is 0.0403. The third-order valence-electron chi connectivity index (χ3n) is 2.60. The summed E-state index contributed by atoms with van der Waals surface area (Å²) in [6, 6.07) is 9.33. The van der Waals surface area contributed by atoms with E-state index < -0.39 is 0 Å². The molecule has 2 aromatic rings. The highest BCUT2D eigenvalue weighted by atomic mass is 79.9. The highest BCUT2D eigenvalue weighted by molar-refractivity contribution is 9.10. The van der Waals surface area contributed by atoms with Gasteiger partial charge in [0.25, 0.3) is 0 Å². The second-order valence-corrected chi connectivity index (χ2v) is 5.90. The lowest BCUT2D eigenvalue weighted by molar-refractivity contribution is 0.0144. The van der Waals surface area contributed by atoms with Crippen LogP contribution >= 0.6 is 27.3 Å². The van der Waals surface area contributed by atoms with Gasteiger partial charge in [-0.05, 0) is 21.5 Å². The van der Waals surface area contributed by atoms with Crippen LogP contribution in [0.4, 0.5) is 0 Å². The molecule has 0 unspecified atom stereocenters. The topological polar surface area (TPSA) is 69.4 Å². The van der Waals surface area contributed by atoms with E-state index in [1.807, 2.05) is 35.7 Å². The first-order valence-corrected chi connectivity index (χ1v) is 7.74. The number of amidine groups is 1. The van der Waals surface area contributed by atoms with Gasteiger partial charge in [-0.3, -0.25) is 10.6 Å². The maximum Gasteiger partial charge on any atom is 0.155 e. The second kappa shape index (κ2) is 7.35. The molecule has 1 heterocycles. The van der Waals surface area contributed by atoms with Crippen molar-refractivity contribution in [3.05, 3.63) is 57.1 Å². The maximum atomic E-state index is 9.47. The summed E-state index contributed by atoms with van der Waals surface area (Å²) in [5.74, 6) is -0.0403. The van der Waals surface area contributed by atoms with Crippen LogP contribution in [0.5, 0.6) is 0 Å². The van der Waals surface area contributed by atoms with E-state index in [1.54, 1.807) is 0 Å². The lowest BCUT2D eigenvalue weighted by Gasteiger charge is -2.15. The van der Waals surface area contributed by atoms with Crippen molar-refractivity contribution < 1.29 is 9.94 Å². The Morgan fingerprint density at radius 1 is 1.48 bits per heavy atom. The van der Waals surface area contributed by atoms with Crippen LogP contribution in [0.1, 0.15) is 10.6 Å². The normalized spacial score (nSPS) is 11.3. The smallest absolute Gasteiger partial charge is 0.155 e. The molecular weight excluding hydrogens is 354 g/mol. The molecule has 0 aliphatic heterocycles. The molecule has 0 saturated carbocycles. The molecule has 0 saturated heterocycles. The molecule has 1 aromatic carbocycles. The summed E-state index contributed by atoms with van der Waals surface area (Å²) >= 11 is 4.77. The summed E-state index contributed by atoms with van der Waals surface area (Å²) in [6.45, 7) is 0.315. The summed E-state index contributed by atoms with van der Waals surface area (Å²) < 4.78 is 6.29. The largest absolute Gasteiger partial charge is 0.493 e. The Morgan fingerprint density at radius 2 is 2.19 bits per heavy atom. The molecule has 5 nitrogen and oxygen atoms in total. The highest BCUT2D eigenvalue weighted by Gasteiger charge is 2.12. The summed E-state index contributed by atoms with van der Waals surface area (Å²) in [5.41, 5.74) is 1.29. The first-order valence-electron chi connectivity index (χ1n) is 6.06. The third-order valence-corrected chi connectivity index (χ3v) is 4.13. The number of rotatable bonds is 5. The molecule has 2 N–H and O–H groups in total.